The summed E-state index contributed by atoms with van der Waals surface area (Å²) < 4.78 is 35.0. The summed E-state index contributed by atoms with van der Waals surface area (Å²) in [7, 11) is -3.49. The van der Waals surface area contributed by atoms with Crippen LogP contribution in [0.2, 0.25) is 0 Å². The fourth-order valence-electron chi connectivity index (χ4n) is 4.37. The molecule has 1 fully saturated rings. The maximum Gasteiger partial charge on any atom is 0.243 e. The summed E-state index contributed by atoms with van der Waals surface area (Å²) in [6.07, 6.45) is 3.08. The molecule has 9 heteroatoms. The molecule has 0 aliphatic carbocycles. The molecule has 1 saturated heterocycles. The minimum absolute atomic E-state index is 0.0374. The van der Waals surface area contributed by atoms with Crippen molar-refractivity contribution in [3.8, 4) is 22.6 Å². The topological polar surface area (TPSA) is 94.1 Å². The Hall–Kier alpha value is -3.30. The molecule has 4 aromatic rings. The molecule has 0 N–H and O–H groups in total. The van der Waals surface area contributed by atoms with Gasteiger partial charge >= 0.3 is 0 Å². The maximum atomic E-state index is 13.0. The Morgan fingerprint density at radius 1 is 1.03 bits per heavy atom. The molecule has 0 amide bonds. The SMILES string of the molecule is CCn1nccc1-c1cccc(-c2noc(C3CCN(S(=O)(=O)c4ccc(C)cc4)CC3)n2)c1. The standard InChI is InChI=1S/C25H27N5O3S/c1-3-30-23(11-14-26-30)20-5-4-6-21(17-20)24-27-25(33-28-24)19-12-15-29(16-13-19)34(31,32)22-9-7-18(2)8-10-22/h4-11,14,17,19H,3,12-13,15-16H2,1-2H3. The first-order valence-corrected chi connectivity index (χ1v) is 12.9. The molecule has 0 bridgehead atoms. The van der Waals surface area contributed by atoms with Crippen LogP contribution in [0.1, 0.15) is 37.1 Å². The average molecular weight is 478 g/mol. The third-order valence-corrected chi connectivity index (χ3v) is 8.25. The molecule has 0 spiro atoms. The molecule has 0 saturated carbocycles. The summed E-state index contributed by atoms with van der Waals surface area (Å²) in [5.74, 6) is 1.14. The Morgan fingerprint density at radius 2 is 1.76 bits per heavy atom. The van der Waals surface area contributed by atoms with Crippen molar-refractivity contribution in [1.82, 2.24) is 24.2 Å². The van der Waals surface area contributed by atoms with E-state index in [0.717, 1.165) is 28.9 Å². The summed E-state index contributed by atoms with van der Waals surface area (Å²) in [6.45, 7) is 5.64. The van der Waals surface area contributed by atoms with Crippen molar-refractivity contribution < 1.29 is 12.9 Å². The predicted molar refractivity (Wildman–Crippen MR) is 129 cm³/mol. The van der Waals surface area contributed by atoms with Crippen LogP contribution in [0.4, 0.5) is 0 Å². The lowest BCUT2D eigenvalue weighted by molar-refractivity contribution is 0.271. The molecule has 0 atom stereocenters. The summed E-state index contributed by atoms with van der Waals surface area (Å²) in [4.78, 5) is 4.99. The van der Waals surface area contributed by atoms with Crippen molar-refractivity contribution >= 4 is 10.0 Å². The van der Waals surface area contributed by atoms with E-state index in [9.17, 15) is 8.42 Å². The van der Waals surface area contributed by atoms with Crippen LogP contribution in [0.25, 0.3) is 22.6 Å². The van der Waals surface area contributed by atoms with Crippen molar-refractivity contribution in [2.45, 2.75) is 44.0 Å². The van der Waals surface area contributed by atoms with Crippen molar-refractivity contribution in [3.63, 3.8) is 0 Å². The third kappa shape index (κ3) is 4.28. The lowest BCUT2D eigenvalue weighted by Crippen LogP contribution is -2.37. The van der Waals surface area contributed by atoms with E-state index in [-0.39, 0.29) is 5.92 Å². The van der Waals surface area contributed by atoms with E-state index in [1.807, 2.05) is 54.1 Å². The van der Waals surface area contributed by atoms with Crippen LogP contribution in [0, 0.1) is 6.92 Å². The Bertz CT molecular complexity index is 1380. The number of hydrogen-bond acceptors (Lipinski definition) is 6. The van der Waals surface area contributed by atoms with Gasteiger partial charge in [-0.2, -0.15) is 14.4 Å². The van der Waals surface area contributed by atoms with Crippen molar-refractivity contribution in [3.05, 3.63) is 72.2 Å². The van der Waals surface area contributed by atoms with Crippen LogP contribution < -0.4 is 0 Å². The first-order valence-electron chi connectivity index (χ1n) is 11.5. The second-order valence-electron chi connectivity index (χ2n) is 8.56. The van der Waals surface area contributed by atoms with Gasteiger partial charge in [0, 0.05) is 42.9 Å². The average Bonchev–Trinajstić information content (AvgIpc) is 3.55. The highest BCUT2D eigenvalue weighted by Crippen LogP contribution is 2.32. The minimum atomic E-state index is -3.49. The summed E-state index contributed by atoms with van der Waals surface area (Å²) in [5, 5.41) is 8.56. The molecular weight excluding hydrogens is 450 g/mol. The van der Waals surface area contributed by atoms with Crippen molar-refractivity contribution in [2.75, 3.05) is 13.1 Å². The molecule has 0 unspecified atom stereocenters. The number of piperidine rings is 1. The first-order chi connectivity index (χ1) is 16.5. The Kier molecular flexibility index (Phi) is 6.05. The predicted octanol–water partition coefficient (Wildman–Crippen LogP) is 4.50. The summed E-state index contributed by atoms with van der Waals surface area (Å²) in [6, 6.07) is 17.0. The number of hydrogen-bond donors (Lipinski definition) is 0. The maximum absolute atomic E-state index is 13.0. The number of benzene rings is 2. The number of nitrogens with zero attached hydrogens (tertiary/aromatic N) is 5. The summed E-state index contributed by atoms with van der Waals surface area (Å²) >= 11 is 0. The zero-order valence-electron chi connectivity index (χ0n) is 19.3. The number of aromatic nitrogens is 4. The second-order valence-corrected chi connectivity index (χ2v) is 10.5. The van der Waals surface area contributed by atoms with Crippen LogP contribution in [0.15, 0.2) is 70.2 Å². The van der Waals surface area contributed by atoms with E-state index >= 15 is 0 Å². The highest BCUT2D eigenvalue weighted by Gasteiger charge is 2.32. The van der Waals surface area contributed by atoms with Crippen LogP contribution in [0.5, 0.6) is 0 Å². The zero-order chi connectivity index (χ0) is 23.7. The normalized spacial score (nSPS) is 15.6. The van der Waals surface area contributed by atoms with Gasteiger partial charge in [-0.1, -0.05) is 41.1 Å². The molecule has 2 aromatic heterocycles. The first kappa shape index (κ1) is 22.5. The van der Waals surface area contributed by atoms with Gasteiger partial charge in [0.05, 0.1) is 10.6 Å². The van der Waals surface area contributed by atoms with E-state index in [1.165, 1.54) is 0 Å². The monoisotopic (exact) mass is 477 g/mol. The van der Waals surface area contributed by atoms with Crippen LogP contribution in [-0.4, -0.2) is 45.7 Å². The van der Waals surface area contributed by atoms with Gasteiger partial charge in [-0.15, -0.1) is 0 Å². The molecule has 176 valence electrons. The molecular formula is C25H27N5O3S. The lowest BCUT2D eigenvalue weighted by Gasteiger charge is -2.29. The van der Waals surface area contributed by atoms with E-state index < -0.39 is 10.0 Å². The molecule has 2 aromatic carbocycles. The number of rotatable bonds is 6. The molecule has 8 nitrogen and oxygen atoms in total. The number of sulfonamides is 1. The van der Waals surface area contributed by atoms with Gasteiger partial charge in [0.25, 0.3) is 0 Å². The van der Waals surface area contributed by atoms with Crippen molar-refractivity contribution in [2.24, 2.45) is 0 Å². The van der Waals surface area contributed by atoms with Gasteiger partial charge < -0.3 is 4.52 Å². The molecule has 1 aliphatic heterocycles. The highest BCUT2D eigenvalue weighted by molar-refractivity contribution is 7.89. The molecule has 0 radical (unpaired) electrons. The fraction of sp³-hybridized carbons (Fsp3) is 0.320. The van der Waals surface area contributed by atoms with E-state index in [0.29, 0.717) is 42.5 Å². The van der Waals surface area contributed by atoms with Crippen LogP contribution >= 0.6 is 0 Å². The third-order valence-electron chi connectivity index (χ3n) is 6.34. The minimum Gasteiger partial charge on any atom is -0.339 e. The molecule has 3 heterocycles. The molecule has 1 aliphatic rings. The molecule has 34 heavy (non-hydrogen) atoms. The van der Waals surface area contributed by atoms with E-state index in [2.05, 4.69) is 22.2 Å². The van der Waals surface area contributed by atoms with E-state index in [4.69, 9.17) is 4.52 Å². The van der Waals surface area contributed by atoms with Gasteiger partial charge in [0.2, 0.25) is 21.7 Å². The smallest absolute Gasteiger partial charge is 0.243 e. The van der Waals surface area contributed by atoms with Gasteiger partial charge in [-0.05, 0) is 51.0 Å². The number of aryl methyl sites for hydroxylation is 2. The largest absolute Gasteiger partial charge is 0.339 e. The van der Waals surface area contributed by atoms with Crippen molar-refractivity contribution in [1.29, 1.82) is 0 Å². The Balaban J connectivity index is 1.29. The quantitative estimate of drug-likeness (QED) is 0.406. The second kappa shape index (κ2) is 9.15. The van der Waals surface area contributed by atoms with Crippen LogP contribution in [0.3, 0.4) is 0 Å². The van der Waals surface area contributed by atoms with Gasteiger partial charge in [-0.3, -0.25) is 4.68 Å². The summed E-state index contributed by atoms with van der Waals surface area (Å²) in [5.41, 5.74) is 3.98. The van der Waals surface area contributed by atoms with Gasteiger partial charge in [-0.25, -0.2) is 8.42 Å². The Labute approximate surface area is 199 Å². The van der Waals surface area contributed by atoms with E-state index in [1.54, 1.807) is 22.6 Å². The van der Waals surface area contributed by atoms with Crippen LogP contribution in [-0.2, 0) is 16.6 Å². The fourth-order valence-corrected chi connectivity index (χ4v) is 5.84. The van der Waals surface area contributed by atoms with Gasteiger partial charge in [0.15, 0.2) is 0 Å². The lowest BCUT2D eigenvalue weighted by atomic mass is 9.98. The zero-order valence-corrected chi connectivity index (χ0v) is 20.1. The highest BCUT2D eigenvalue weighted by atomic mass is 32.2. The van der Waals surface area contributed by atoms with Gasteiger partial charge in [0.1, 0.15) is 0 Å². The Morgan fingerprint density at radius 3 is 2.50 bits per heavy atom. The molecule has 5 rings (SSSR count).